The number of ketones is 1. The lowest BCUT2D eigenvalue weighted by molar-refractivity contribution is -0.132. The number of benzene rings is 2. The third-order valence-corrected chi connectivity index (χ3v) is 6.81. The Morgan fingerprint density at radius 2 is 1.26 bits per heavy atom. The summed E-state index contributed by atoms with van der Waals surface area (Å²) >= 11 is 0. The Morgan fingerprint density at radius 3 is 1.74 bits per heavy atom. The molecule has 8 heteroatoms. The van der Waals surface area contributed by atoms with Crippen molar-refractivity contribution in [3.8, 4) is 34.5 Å². The summed E-state index contributed by atoms with van der Waals surface area (Å²) in [5.74, 6) is 0.538. The van der Waals surface area contributed by atoms with Gasteiger partial charge < -0.3 is 33.9 Å². The van der Waals surface area contributed by atoms with Gasteiger partial charge in [0.05, 0.1) is 34.5 Å². The van der Waals surface area contributed by atoms with Crippen LogP contribution in [0, 0.1) is 11.8 Å². The molecular weight excluding hydrogens is 452 g/mol. The maximum Gasteiger partial charge on any atom is 0.200 e. The van der Waals surface area contributed by atoms with E-state index in [-0.39, 0.29) is 40.6 Å². The van der Waals surface area contributed by atoms with Gasteiger partial charge in [0.25, 0.3) is 0 Å². The first-order valence-electron chi connectivity index (χ1n) is 11.8. The number of Topliss-reactive ketones (excluding diaryl/α,β-unsaturated/α-hetero) is 1. The highest BCUT2D eigenvalue weighted by Crippen LogP contribution is 2.44. The van der Waals surface area contributed by atoms with Crippen LogP contribution in [0.4, 0.5) is 0 Å². The van der Waals surface area contributed by atoms with Gasteiger partial charge in [0.15, 0.2) is 23.0 Å². The van der Waals surface area contributed by atoms with Gasteiger partial charge in [-0.25, -0.2) is 0 Å². The Kier molecular flexibility index (Phi) is 9.09. The van der Waals surface area contributed by atoms with E-state index in [4.69, 9.17) is 23.7 Å². The fraction of sp³-hybridized carbons (Fsp3) is 0.519. The second-order valence-electron chi connectivity index (χ2n) is 8.83. The number of methoxy groups -OCH3 is 5. The maximum absolute atomic E-state index is 13.9. The van der Waals surface area contributed by atoms with E-state index in [1.54, 1.807) is 31.4 Å². The largest absolute Gasteiger partial charge is 0.502 e. The molecule has 0 aromatic heterocycles. The highest BCUT2D eigenvalue weighted by Gasteiger charge is 2.36. The standard InChI is InChI=1S/C27H36O8/c1-31-20-12-16(13-21(32-2)25(20)29)11-17-9-7-6-8-10-19(24(17)28)27(35-5)18-14-22(33-3)26(30)23(15-18)34-4/h12-15,17,19,27,29-30H,6-11H2,1-5H3. The summed E-state index contributed by atoms with van der Waals surface area (Å²) in [6.07, 6.45) is 4.36. The van der Waals surface area contributed by atoms with Crippen molar-refractivity contribution in [2.45, 2.75) is 44.6 Å². The van der Waals surface area contributed by atoms with Crippen LogP contribution in [0.25, 0.3) is 0 Å². The van der Waals surface area contributed by atoms with Crippen LogP contribution in [0.15, 0.2) is 24.3 Å². The number of phenolic OH excluding ortho intramolecular Hbond substituents is 2. The number of ether oxygens (including phenoxy) is 5. The quantitative estimate of drug-likeness (QED) is 0.517. The van der Waals surface area contributed by atoms with Gasteiger partial charge in [-0.3, -0.25) is 4.79 Å². The predicted octanol–water partition coefficient (Wildman–Crippen LogP) is 4.83. The van der Waals surface area contributed by atoms with E-state index in [2.05, 4.69) is 0 Å². The smallest absolute Gasteiger partial charge is 0.200 e. The summed E-state index contributed by atoms with van der Waals surface area (Å²) in [5.41, 5.74) is 1.57. The van der Waals surface area contributed by atoms with Crippen LogP contribution in [-0.4, -0.2) is 51.5 Å². The van der Waals surface area contributed by atoms with Crippen molar-refractivity contribution in [3.63, 3.8) is 0 Å². The van der Waals surface area contributed by atoms with Gasteiger partial charge in [-0.15, -0.1) is 0 Å². The molecule has 2 aromatic rings. The van der Waals surface area contributed by atoms with Gasteiger partial charge in [0, 0.05) is 18.9 Å². The van der Waals surface area contributed by atoms with E-state index in [0.29, 0.717) is 29.9 Å². The average molecular weight is 489 g/mol. The van der Waals surface area contributed by atoms with E-state index in [1.807, 2.05) is 0 Å². The molecule has 1 aliphatic rings. The molecule has 2 aromatic carbocycles. The molecule has 0 amide bonds. The van der Waals surface area contributed by atoms with Gasteiger partial charge in [0.1, 0.15) is 5.78 Å². The fourth-order valence-corrected chi connectivity index (χ4v) is 4.98. The summed E-state index contributed by atoms with van der Waals surface area (Å²) in [6.45, 7) is 0. The molecule has 1 aliphatic carbocycles. The van der Waals surface area contributed by atoms with E-state index < -0.39 is 6.10 Å². The van der Waals surface area contributed by atoms with Crippen LogP contribution in [-0.2, 0) is 16.0 Å². The SMILES string of the molecule is COc1cc(CC2CCCCCC(C(OC)c3cc(OC)c(O)c(OC)c3)C2=O)cc(OC)c1O. The van der Waals surface area contributed by atoms with E-state index in [0.717, 1.165) is 31.2 Å². The number of hydrogen-bond acceptors (Lipinski definition) is 8. The van der Waals surface area contributed by atoms with Gasteiger partial charge in [-0.1, -0.05) is 19.3 Å². The van der Waals surface area contributed by atoms with Crippen molar-refractivity contribution in [1.29, 1.82) is 0 Å². The lowest BCUT2D eigenvalue weighted by Gasteiger charge is -2.31. The number of aromatic hydroxyl groups is 2. The topological polar surface area (TPSA) is 104 Å². The second kappa shape index (κ2) is 12.0. The Labute approximate surface area is 206 Å². The molecule has 1 fully saturated rings. The zero-order valence-electron chi connectivity index (χ0n) is 21.1. The summed E-state index contributed by atoms with van der Waals surface area (Å²) in [6, 6.07) is 6.90. The minimum absolute atomic E-state index is 0.0599. The molecule has 8 nitrogen and oxygen atoms in total. The lowest BCUT2D eigenvalue weighted by Crippen LogP contribution is -2.32. The van der Waals surface area contributed by atoms with Crippen LogP contribution in [0.2, 0.25) is 0 Å². The number of phenols is 2. The zero-order chi connectivity index (χ0) is 25.5. The number of carbonyl (C=O) groups is 1. The number of rotatable bonds is 9. The van der Waals surface area contributed by atoms with Crippen molar-refractivity contribution >= 4 is 5.78 Å². The third-order valence-electron chi connectivity index (χ3n) is 6.81. The molecule has 0 bridgehead atoms. The van der Waals surface area contributed by atoms with Crippen LogP contribution in [0.3, 0.4) is 0 Å². The van der Waals surface area contributed by atoms with Gasteiger partial charge in [0.2, 0.25) is 11.5 Å². The van der Waals surface area contributed by atoms with Crippen LogP contribution < -0.4 is 18.9 Å². The summed E-state index contributed by atoms with van der Waals surface area (Å²) in [5, 5.41) is 20.6. The van der Waals surface area contributed by atoms with Gasteiger partial charge in [-0.2, -0.15) is 0 Å². The molecule has 0 aliphatic heterocycles. The Hall–Kier alpha value is -3.13. The highest BCUT2D eigenvalue weighted by atomic mass is 16.5. The van der Waals surface area contributed by atoms with Crippen molar-refractivity contribution in [2.75, 3.05) is 35.5 Å². The highest BCUT2D eigenvalue weighted by molar-refractivity contribution is 5.84. The summed E-state index contributed by atoms with van der Waals surface area (Å²) < 4.78 is 27.1. The van der Waals surface area contributed by atoms with Gasteiger partial charge >= 0.3 is 0 Å². The van der Waals surface area contributed by atoms with Crippen LogP contribution >= 0.6 is 0 Å². The normalized spacial score (nSPS) is 19.4. The van der Waals surface area contributed by atoms with Crippen molar-refractivity contribution in [2.24, 2.45) is 11.8 Å². The number of hydrogen-bond donors (Lipinski definition) is 2. The molecular formula is C27H36O8. The molecule has 0 saturated heterocycles. The molecule has 3 unspecified atom stereocenters. The predicted molar refractivity (Wildman–Crippen MR) is 131 cm³/mol. The average Bonchev–Trinajstić information content (AvgIpc) is 2.86. The molecule has 35 heavy (non-hydrogen) atoms. The number of carbonyl (C=O) groups excluding carboxylic acids is 1. The van der Waals surface area contributed by atoms with Crippen LogP contribution in [0.1, 0.15) is 49.3 Å². The first-order valence-corrected chi connectivity index (χ1v) is 11.8. The molecule has 0 radical (unpaired) electrons. The molecule has 3 rings (SSSR count). The minimum atomic E-state index is -0.518. The fourth-order valence-electron chi connectivity index (χ4n) is 4.98. The first kappa shape index (κ1) is 26.5. The Morgan fingerprint density at radius 1 is 0.771 bits per heavy atom. The van der Waals surface area contributed by atoms with Crippen molar-refractivity contribution in [3.05, 3.63) is 35.4 Å². The molecule has 1 saturated carbocycles. The summed E-state index contributed by atoms with van der Waals surface area (Å²) in [4.78, 5) is 13.9. The van der Waals surface area contributed by atoms with E-state index in [9.17, 15) is 15.0 Å². The zero-order valence-corrected chi connectivity index (χ0v) is 21.1. The summed E-state index contributed by atoms with van der Waals surface area (Å²) in [7, 11) is 7.50. The van der Waals surface area contributed by atoms with Crippen LogP contribution in [0.5, 0.6) is 34.5 Å². The maximum atomic E-state index is 13.9. The van der Waals surface area contributed by atoms with Crippen molar-refractivity contribution < 1.29 is 38.7 Å². The lowest BCUT2D eigenvalue weighted by atomic mass is 9.76. The Balaban J connectivity index is 1.95. The van der Waals surface area contributed by atoms with E-state index >= 15 is 0 Å². The second-order valence-corrected chi connectivity index (χ2v) is 8.83. The third kappa shape index (κ3) is 5.75. The molecule has 3 atom stereocenters. The molecule has 0 heterocycles. The minimum Gasteiger partial charge on any atom is -0.502 e. The van der Waals surface area contributed by atoms with Gasteiger partial charge in [-0.05, 0) is 54.7 Å². The Bertz CT molecular complexity index is 968. The monoisotopic (exact) mass is 488 g/mol. The molecule has 2 N–H and O–H groups in total. The van der Waals surface area contributed by atoms with E-state index in [1.165, 1.54) is 28.4 Å². The molecule has 0 spiro atoms. The van der Waals surface area contributed by atoms with Crippen molar-refractivity contribution in [1.82, 2.24) is 0 Å². The first-order chi connectivity index (χ1) is 16.9. The molecule has 192 valence electrons.